The Bertz CT molecular complexity index is 667. The lowest BCUT2D eigenvalue weighted by molar-refractivity contribution is 0.0650. The number of nitrogen functional groups attached to an aromatic ring is 1. The summed E-state index contributed by atoms with van der Waals surface area (Å²) in [5.41, 5.74) is 7.39. The largest absolute Gasteiger partial charge is 0.399 e. The smallest absolute Gasteiger partial charge is 0.253 e. The quantitative estimate of drug-likeness (QED) is 0.696. The topological polar surface area (TPSA) is 63.4 Å². The Labute approximate surface area is 140 Å². The number of anilines is 1. The highest BCUT2D eigenvalue weighted by atomic mass is 19.1. The molecule has 0 atom stereocenters. The summed E-state index contributed by atoms with van der Waals surface area (Å²) in [7, 11) is 0. The summed E-state index contributed by atoms with van der Waals surface area (Å²) < 4.78 is 13.0. The molecule has 1 amide bonds. The predicted octanol–water partition coefficient (Wildman–Crippen LogP) is 3.14. The second-order valence-corrected chi connectivity index (χ2v) is 6.06. The lowest BCUT2D eigenvalue weighted by atomic mass is 9.88. The number of carbonyl (C=O) groups excluding carboxylic acids is 2. The summed E-state index contributed by atoms with van der Waals surface area (Å²) in [5.74, 6) is -0.487. The number of nitrogens with two attached hydrogens (primary N) is 1. The van der Waals surface area contributed by atoms with Gasteiger partial charge >= 0.3 is 0 Å². The van der Waals surface area contributed by atoms with Gasteiger partial charge in [0.15, 0.2) is 5.78 Å². The summed E-state index contributed by atoms with van der Waals surface area (Å²) in [6.45, 7) is 1.08. The Hall–Kier alpha value is -2.69. The third-order valence-electron chi connectivity index (χ3n) is 4.44. The molecule has 4 nitrogen and oxygen atoms in total. The van der Waals surface area contributed by atoms with Crippen LogP contribution in [-0.2, 0) is 0 Å². The van der Waals surface area contributed by atoms with Crippen molar-refractivity contribution in [2.45, 2.75) is 12.8 Å². The minimum atomic E-state index is -0.351. The molecule has 2 aromatic carbocycles. The highest BCUT2D eigenvalue weighted by Crippen LogP contribution is 2.23. The molecule has 3 rings (SSSR count). The molecule has 2 N–H and O–H groups in total. The molecule has 1 aliphatic heterocycles. The van der Waals surface area contributed by atoms with Gasteiger partial charge in [-0.3, -0.25) is 9.59 Å². The van der Waals surface area contributed by atoms with Gasteiger partial charge in [-0.1, -0.05) is 0 Å². The van der Waals surface area contributed by atoms with Gasteiger partial charge in [-0.05, 0) is 61.4 Å². The maximum Gasteiger partial charge on any atom is 0.253 e. The summed E-state index contributed by atoms with van der Waals surface area (Å²) in [5, 5.41) is 0. The zero-order chi connectivity index (χ0) is 17.1. The first kappa shape index (κ1) is 16.2. The number of amides is 1. The van der Waals surface area contributed by atoms with Crippen LogP contribution in [0.2, 0.25) is 0 Å². The second kappa shape index (κ2) is 6.83. The van der Waals surface area contributed by atoms with Gasteiger partial charge in [-0.15, -0.1) is 0 Å². The van der Waals surface area contributed by atoms with Gasteiger partial charge in [-0.25, -0.2) is 4.39 Å². The summed E-state index contributed by atoms with van der Waals surface area (Å²) in [6, 6.07) is 12.5. The number of rotatable bonds is 3. The highest BCUT2D eigenvalue weighted by Gasteiger charge is 2.28. The van der Waals surface area contributed by atoms with Crippen molar-refractivity contribution in [3.63, 3.8) is 0 Å². The van der Waals surface area contributed by atoms with Crippen LogP contribution in [-0.4, -0.2) is 29.7 Å². The van der Waals surface area contributed by atoms with Crippen LogP contribution >= 0.6 is 0 Å². The third-order valence-corrected chi connectivity index (χ3v) is 4.44. The van der Waals surface area contributed by atoms with Crippen LogP contribution in [0.1, 0.15) is 33.6 Å². The van der Waals surface area contributed by atoms with Crippen molar-refractivity contribution in [1.29, 1.82) is 0 Å². The number of likely N-dealkylation sites (tertiary alicyclic amines) is 1. The summed E-state index contributed by atoms with van der Waals surface area (Å²) >= 11 is 0. The van der Waals surface area contributed by atoms with E-state index in [2.05, 4.69) is 0 Å². The molecule has 0 saturated carbocycles. The van der Waals surface area contributed by atoms with Crippen molar-refractivity contribution in [3.8, 4) is 0 Å². The first-order valence-corrected chi connectivity index (χ1v) is 7.99. The molecule has 1 aliphatic rings. The number of halogens is 1. The fraction of sp³-hybridized carbons (Fsp3) is 0.263. The molecule has 2 aromatic rings. The van der Waals surface area contributed by atoms with Crippen molar-refractivity contribution in [3.05, 3.63) is 65.5 Å². The number of hydrogen-bond acceptors (Lipinski definition) is 3. The molecule has 1 fully saturated rings. The molecular formula is C19H19FN2O2. The fourth-order valence-electron chi connectivity index (χ4n) is 3.00. The Morgan fingerprint density at radius 1 is 0.917 bits per heavy atom. The number of nitrogens with zero attached hydrogens (tertiary/aromatic N) is 1. The third kappa shape index (κ3) is 3.45. The molecule has 24 heavy (non-hydrogen) atoms. The Balaban J connectivity index is 1.61. The summed E-state index contributed by atoms with van der Waals surface area (Å²) in [4.78, 5) is 26.7. The SMILES string of the molecule is Nc1ccc(C(=O)N2CCC(C(=O)c3ccc(F)cc3)CC2)cc1. The second-order valence-electron chi connectivity index (χ2n) is 6.06. The number of piperidine rings is 1. The van der Waals surface area contributed by atoms with E-state index in [1.807, 2.05) is 0 Å². The van der Waals surface area contributed by atoms with Crippen LogP contribution in [0, 0.1) is 11.7 Å². The standard InChI is InChI=1S/C19H19FN2O2/c20-16-5-1-13(2-6-16)18(23)14-9-11-22(12-10-14)19(24)15-3-7-17(21)8-4-15/h1-8,14H,9-12,21H2. The number of benzene rings is 2. The molecule has 0 bridgehead atoms. The highest BCUT2D eigenvalue weighted by molar-refractivity contribution is 5.98. The van der Waals surface area contributed by atoms with Crippen molar-refractivity contribution >= 4 is 17.4 Å². The molecule has 124 valence electrons. The molecular weight excluding hydrogens is 307 g/mol. The zero-order valence-corrected chi connectivity index (χ0v) is 13.2. The van der Waals surface area contributed by atoms with Crippen LogP contribution in [0.25, 0.3) is 0 Å². The molecule has 0 aliphatic carbocycles. The first-order valence-electron chi connectivity index (χ1n) is 7.99. The zero-order valence-electron chi connectivity index (χ0n) is 13.2. The molecule has 1 heterocycles. The minimum absolute atomic E-state index is 0.0228. The van der Waals surface area contributed by atoms with E-state index < -0.39 is 0 Å². The monoisotopic (exact) mass is 326 g/mol. The van der Waals surface area contributed by atoms with Crippen molar-refractivity contribution in [2.75, 3.05) is 18.8 Å². The van der Waals surface area contributed by atoms with Gasteiger partial charge in [0.2, 0.25) is 0 Å². The Morgan fingerprint density at radius 2 is 1.46 bits per heavy atom. The number of ketones is 1. The van der Waals surface area contributed by atoms with Gasteiger partial charge in [0, 0.05) is 35.8 Å². The molecule has 0 unspecified atom stereocenters. The van der Waals surface area contributed by atoms with Gasteiger partial charge < -0.3 is 10.6 Å². The van der Waals surface area contributed by atoms with E-state index in [1.54, 1.807) is 29.2 Å². The number of carbonyl (C=O) groups is 2. The fourth-order valence-corrected chi connectivity index (χ4v) is 3.00. The molecule has 0 radical (unpaired) electrons. The number of Topliss-reactive ketones (excluding diaryl/α,β-unsaturated/α-hetero) is 1. The van der Waals surface area contributed by atoms with E-state index in [4.69, 9.17) is 5.73 Å². The van der Waals surface area contributed by atoms with E-state index in [0.29, 0.717) is 42.7 Å². The van der Waals surface area contributed by atoms with E-state index >= 15 is 0 Å². The average molecular weight is 326 g/mol. The first-order chi connectivity index (χ1) is 11.5. The maximum atomic E-state index is 13.0. The Morgan fingerprint density at radius 3 is 2.04 bits per heavy atom. The van der Waals surface area contributed by atoms with Gasteiger partial charge in [0.25, 0.3) is 5.91 Å². The lowest BCUT2D eigenvalue weighted by Gasteiger charge is -2.31. The van der Waals surface area contributed by atoms with Crippen LogP contribution < -0.4 is 5.73 Å². The average Bonchev–Trinajstić information content (AvgIpc) is 2.62. The Kier molecular flexibility index (Phi) is 4.60. The van der Waals surface area contributed by atoms with Crippen LogP contribution in [0.5, 0.6) is 0 Å². The predicted molar refractivity (Wildman–Crippen MR) is 90.2 cm³/mol. The van der Waals surface area contributed by atoms with Crippen LogP contribution in [0.3, 0.4) is 0 Å². The van der Waals surface area contributed by atoms with Crippen molar-refractivity contribution in [1.82, 2.24) is 4.90 Å². The summed E-state index contributed by atoms with van der Waals surface area (Å²) in [6.07, 6.45) is 1.24. The van der Waals surface area contributed by atoms with E-state index in [-0.39, 0.29) is 23.4 Å². The van der Waals surface area contributed by atoms with Gasteiger partial charge in [0.1, 0.15) is 5.82 Å². The van der Waals surface area contributed by atoms with E-state index in [0.717, 1.165) is 0 Å². The molecule has 0 spiro atoms. The molecule has 5 heteroatoms. The van der Waals surface area contributed by atoms with Crippen LogP contribution in [0.4, 0.5) is 10.1 Å². The lowest BCUT2D eigenvalue weighted by Crippen LogP contribution is -2.40. The maximum absolute atomic E-state index is 13.0. The van der Waals surface area contributed by atoms with Gasteiger partial charge in [-0.2, -0.15) is 0 Å². The normalized spacial score (nSPS) is 15.3. The van der Waals surface area contributed by atoms with E-state index in [9.17, 15) is 14.0 Å². The van der Waals surface area contributed by atoms with E-state index in [1.165, 1.54) is 24.3 Å². The molecule has 1 saturated heterocycles. The van der Waals surface area contributed by atoms with Gasteiger partial charge in [0.05, 0.1) is 0 Å². The van der Waals surface area contributed by atoms with Crippen molar-refractivity contribution in [2.24, 2.45) is 5.92 Å². The van der Waals surface area contributed by atoms with Crippen LogP contribution in [0.15, 0.2) is 48.5 Å². The molecule has 0 aromatic heterocycles. The minimum Gasteiger partial charge on any atom is -0.399 e. The number of hydrogen-bond donors (Lipinski definition) is 1. The van der Waals surface area contributed by atoms with Crippen molar-refractivity contribution < 1.29 is 14.0 Å².